The van der Waals surface area contributed by atoms with Gasteiger partial charge in [0.15, 0.2) is 0 Å². The molecule has 0 saturated heterocycles. The molecule has 0 aliphatic heterocycles. The van der Waals surface area contributed by atoms with E-state index in [-0.39, 0.29) is 6.04 Å². The zero-order chi connectivity index (χ0) is 12.8. The Morgan fingerprint density at radius 1 is 1.47 bits per heavy atom. The first-order valence-corrected chi connectivity index (χ1v) is 6.68. The van der Waals surface area contributed by atoms with Gasteiger partial charge in [-0.05, 0) is 31.5 Å². The number of nitrogens with zero attached hydrogens (tertiary/aromatic N) is 1. The van der Waals surface area contributed by atoms with Gasteiger partial charge in [-0.15, -0.1) is 0 Å². The van der Waals surface area contributed by atoms with E-state index in [1.54, 1.807) is 7.11 Å². The van der Waals surface area contributed by atoms with Crippen LogP contribution in [0.1, 0.15) is 25.5 Å². The Kier molecular flexibility index (Phi) is 5.95. The molecule has 2 N–H and O–H groups in total. The van der Waals surface area contributed by atoms with Crippen molar-refractivity contribution in [2.75, 3.05) is 31.7 Å². The Morgan fingerprint density at radius 3 is 2.65 bits per heavy atom. The topological polar surface area (TPSA) is 38.5 Å². The second kappa shape index (κ2) is 6.99. The van der Waals surface area contributed by atoms with Crippen molar-refractivity contribution in [1.82, 2.24) is 0 Å². The lowest BCUT2D eigenvalue weighted by Gasteiger charge is -2.23. The van der Waals surface area contributed by atoms with E-state index in [1.807, 2.05) is 6.92 Å². The highest BCUT2D eigenvalue weighted by Gasteiger charge is 2.09. The molecule has 0 radical (unpaired) electrons. The summed E-state index contributed by atoms with van der Waals surface area (Å²) in [5, 5.41) is 0. The maximum atomic E-state index is 5.89. The van der Waals surface area contributed by atoms with Crippen LogP contribution in [0, 0.1) is 0 Å². The van der Waals surface area contributed by atoms with Crippen LogP contribution in [0.5, 0.6) is 0 Å². The quantitative estimate of drug-likeness (QED) is 0.878. The summed E-state index contributed by atoms with van der Waals surface area (Å²) >= 11 is 3.58. The zero-order valence-corrected chi connectivity index (χ0v) is 12.3. The van der Waals surface area contributed by atoms with Gasteiger partial charge in [0.1, 0.15) is 0 Å². The number of nitrogens with two attached hydrogens (primary N) is 1. The number of hydrogen-bond acceptors (Lipinski definition) is 3. The van der Waals surface area contributed by atoms with Gasteiger partial charge in [0.2, 0.25) is 0 Å². The first-order valence-electron chi connectivity index (χ1n) is 5.89. The largest absolute Gasteiger partial charge is 0.383 e. The molecule has 0 spiro atoms. The van der Waals surface area contributed by atoms with Gasteiger partial charge in [-0.1, -0.05) is 22.0 Å². The lowest BCUT2D eigenvalue weighted by Crippen LogP contribution is -2.26. The van der Waals surface area contributed by atoms with Crippen LogP contribution in [0.25, 0.3) is 0 Å². The number of rotatable bonds is 6. The number of ether oxygens (including phenoxy) is 1. The van der Waals surface area contributed by atoms with Gasteiger partial charge < -0.3 is 15.4 Å². The van der Waals surface area contributed by atoms with Crippen LogP contribution in [0.2, 0.25) is 0 Å². The number of halogens is 1. The summed E-state index contributed by atoms with van der Waals surface area (Å²) in [5.74, 6) is 0. The summed E-state index contributed by atoms with van der Waals surface area (Å²) in [6, 6.07) is 6.37. The number of anilines is 1. The molecule has 4 heteroatoms. The van der Waals surface area contributed by atoms with E-state index in [4.69, 9.17) is 10.5 Å². The van der Waals surface area contributed by atoms with Gasteiger partial charge in [-0.2, -0.15) is 0 Å². The molecule has 1 aromatic carbocycles. The van der Waals surface area contributed by atoms with E-state index in [9.17, 15) is 0 Å². The molecule has 17 heavy (non-hydrogen) atoms. The van der Waals surface area contributed by atoms with E-state index in [0.29, 0.717) is 0 Å². The predicted molar refractivity (Wildman–Crippen MR) is 76.5 cm³/mol. The van der Waals surface area contributed by atoms with Crippen LogP contribution >= 0.6 is 15.9 Å². The molecule has 1 rings (SSSR count). The minimum absolute atomic E-state index is 0.0486. The molecule has 0 bridgehead atoms. The summed E-state index contributed by atoms with van der Waals surface area (Å²) in [5.41, 5.74) is 8.22. The summed E-state index contributed by atoms with van der Waals surface area (Å²) < 4.78 is 6.18. The van der Waals surface area contributed by atoms with Crippen molar-refractivity contribution in [3.05, 3.63) is 28.2 Å². The molecular weight excluding hydrogens is 280 g/mol. The Labute approximate surface area is 112 Å². The number of hydrogen-bond donors (Lipinski definition) is 1. The molecule has 1 atom stereocenters. The fourth-order valence-corrected chi connectivity index (χ4v) is 2.48. The Balaban J connectivity index is 2.86. The van der Waals surface area contributed by atoms with Crippen LogP contribution in [0.4, 0.5) is 5.69 Å². The van der Waals surface area contributed by atoms with Crippen LogP contribution in [-0.2, 0) is 4.74 Å². The third kappa shape index (κ3) is 3.98. The lowest BCUT2D eigenvalue weighted by molar-refractivity contribution is 0.205. The van der Waals surface area contributed by atoms with E-state index >= 15 is 0 Å². The molecule has 1 aromatic rings. The molecule has 96 valence electrons. The predicted octanol–water partition coefficient (Wildman–Crippen LogP) is 2.94. The van der Waals surface area contributed by atoms with Crippen molar-refractivity contribution in [3.63, 3.8) is 0 Å². The van der Waals surface area contributed by atoms with Crippen LogP contribution in [-0.4, -0.2) is 26.8 Å². The van der Waals surface area contributed by atoms with Crippen LogP contribution < -0.4 is 10.6 Å². The van der Waals surface area contributed by atoms with Gasteiger partial charge in [0.25, 0.3) is 0 Å². The second-order valence-corrected chi connectivity index (χ2v) is 4.92. The smallest absolute Gasteiger partial charge is 0.0637 e. The minimum atomic E-state index is 0.0486. The second-order valence-electron chi connectivity index (χ2n) is 4.07. The van der Waals surface area contributed by atoms with Crippen molar-refractivity contribution < 1.29 is 4.74 Å². The van der Waals surface area contributed by atoms with Crippen LogP contribution in [0.15, 0.2) is 22.7 Å². The lowest BCUT2D eigenvalue weighted by atomic mass is 10.1. The Hall–Kier alpha value is -0.580. The van der Waals surface area contributed by atoms with Gasteiger partial charge in [0.05, 0.1) is 6.61 Å². The maximum Gasteiger partial charge on any atom is 0.0637 e. The van der Waals surface area contributed by atoms with E-state index in [0.717, 1.165) is 29.7 Å². The van der Waals surface area contributed by atoms with Crippen LogP contribution in [0.3, 0.4) is 0 Å². The third-order valence-corrected chi connectivity index (χ3v) is 3.47. The molecular formula is C13H21BrN2O. The first kappa shape index (κ1) is 14.5. The average Bonchev–Trinajstić information content (AvgIpc) is 2.29. The summed E-state index contributed by atoms with van der Waals surface area (Å²) in [6.07, 6.45) is 0. The van der Waals surface area contributed by atoms with Crippen molar-refractivity contribution >= 4 is 21.6 Å². The van der Waals surface area contributed by atoms with Crippen molar-refractivity contribution in [3.8, 4) is 0 Å². The van der Waals surface area contributed by atoms with E-state index < -0.39 is 0 Å². The molecule has 0 amide bonds. The summed E-state index contributed by atoms with van der Waals surface area (Å²) in [4.78, 5) is 2.28. The molecule has 0 saturated carbocycles. The first-order chi connectivity index (χ1) is 8.10. The Bertz CT molecular complexity index is 355. The fraction of sp³-hybridized carbons (Fsp3) is 0.538. The highest BCUT2D eigenvalue weighted by Crippen LogP contribution is 2.27. The zero-order valence-electron chi connectivity index (χ0n) is 10.7. The third-order valence-electron chi connectivity index (χ3n) is 2.79. The van der Waals surface area contributed by atoms with E-state index in [1.165, 1.54) is 5.69 Å². The molecule has 0 aliphatic rings. The van der Waals surface area contributed by atoms with Crippen molar-refractivity contribution in [2.24, 2.45) is 5.73 Å². The maximum absolute atomic E-state index is 5.89. The highest BCUT2D eigenvalue weighted by molar-refractivity contribution is 9.10. The molecule has 0 aromatic heterocycles. The molecule has 0 heterocycles. The number of methoxy groups -OCH3 is 1. The highest BCUT2D eigenvalue weighted by atomic mass is 79.9. The molecule has 0 fully saturated rings. The van der Waals surface area contributed by atoms with Crippen molar-refractivity contribution in [1.29, 1.82) is 0 Å². The number of benzene rings is 1. The number of likely N-dealkylation sites (N-methyl/N-ethyl adjacent to an activating group) is 1. The summed E-state index contributed by atoms with van der Waals surface area (Å²) in [6.45, 7) is 6.73. The van der Waals surface area contributed by atoms with Gasteiger partial charge in [-0.25, -0.2) is 0 Å². The monoisotopic (exact) mass is 300 g/mol. The minimum Gasteiger partial charge on any atom is -0.383 e. The fourth-order valence-electron chi connectivity index (χ4n) is 1.75. The molecule has 0 aliphatic carbocycles. The summed E-state index contributed by atoms with van der Waals surface area (Å²) in [7, 11) is 1.73. The standard InChI is InChI=1S/C13H21BrN2O/c1-4-16(7-8-17-3)11-5-6-12(10(2)15)13(14)9-11/h5-6,9-10H,4,7-8,15H2,1-3H3/t10-/m1/s1. The Morgan fingerprint density at radius 2 is 2.18 bits per heavy atom. The van der Waals surface area contributed by atoms with Crippen molar-refractivity contribution in [2.45, 2.75) is 19.9 Å². The SMILES string of the molecule is CCN(CCOC)c1ccc([C@@H](C)N)c(Br)c1. The normalized spacial score (nSPS) is 12.5. The molecule has 3 nitrogen and oxygen atoms in total. The average molecular weight is 301 g/mol. The van der Waals surface area contributed by atoms with E-state index in [2.05, 4.69) is 46.0 Å². The van der Waals surface area contributed by atoms with Gasteiger partial charge in [-0.3, -0.25) is 0 Å². The van der Waals surface area contributed by atoms with Gasteiger partial charge in [0, 0.05) is 36.4 Å². The molecule has 0 unspecified atom stereocenters. The van der Waals surface area contributed by atoms with Gasteiger partial charge >= 0.3 is 0 Å².